The van der Waals surface area contributed by atoms with Gasteiger partial charge in [-0.05, 0) is 24.6 Å². The number of hydrogen-bond acceptors (Lipinski definition) is 3. The van der Waals surface area contributed by atoms with E-state index in [4.69, 9.17) is 4.74 Å². The molecule has 0 fully saturated rings. The SMILES string of the molecule is COc1ccc(C)cc1NCc1cnn(C)c1. The van der Waals surface area contributed by atoms with Gasteiger partial charge in [-0.2, -0.15) is 5.10 Å². The molecule has 0 atom stereocenters. The van der Waals surface area contributed by atoms with Crippen LogP contribution in [-0.4, -0.2) is 16.9 Å². The number of nitrogens with one attached hydrogen (secondary N) is 1. The maximum absolute atomic E-state index is 5.31. The summed E-state index contributed by atoms with van der Waals surface area (Å²) in [5.41, 5.74) is 3.37. The average molecular weight is 231 g/mol. The second kappa shape index (κ2) is 4.91. The van der Waals surface area contributed by atoms with E-state index in [2.05, 4.69) is 23.4 Å². The van der Waals surface area contributed by atoms with Crippen molar-refractivity contribution in [3.05, 3.63) is 41.7 Å². The zero-order valence-corrected chi connectivity index (χ0v) is 10.4. The van der Waals surface area contributed by atoms with Gasteiger partial charge in [-0.1, -0.05) is 6.07 Å². The number of methoxy groups -OCH3 is 1. The maximum atomic E-state index is 5.31. The van der Waals surface area contributed by atoms with Crippen LogP contribution in [0.3, 0.4) is 0 Å². The number of rotatable bonds is 4. The summed E-state index contributed by atoms with van der Waals surface area (Å²) in [5.74, 6) is 0.861. The molecule has 0 saturated carbocycles. The number of benzene rings is 1. The summed E-state index contributed by atoms with van der Waals surface area (Å²) in [5, 5.41) is 7.49. The summed E-state index contributed by atoms with van der Waals surface area (Å²) < 4.78 is 7.11. The molecule has 1 heterocycles. The van der Waals surface area contributed by atoms with Crippen molar-refractivity contribution in [1.82, 2.24) is 9.78 Å². The molecule has 0 radical (unpaired) electrons. The number of ether oxygens (including phenoxy) is 1. The third-order valence-corrected chi connectivity index (χ3v) is 2.60. The molecular weight excluding hydrogens is 214 g/mol. The lowest BCUT2D eigenvalue weighted by atomic mass is 10.2. The highest BCUT2D eigenvalue weighted by Gasteiger charge is 2.03. The van der Waals surface area contributed by atoms with E-state index in [0.717, 1.165) is 23.5 Å². The van der Waals surface area contributed by atoms with E-state index in [9.17, 15) is 0 Å². The smallest absolute Gasteiger partial charge is 0.141 e. The van der Waals surface area contributed by atoms with Gasteiger partial charge in [0.25, 0.3) is 0 Å². The molecule has 1 aromatic carbocycles. The average Bonchev–Trinajstić information content (AvgIpc) is 2.73. The Kier molecular flexibility index (Phi) is 3.32. The highest BCUT2D eigenvalue weighted by atomic mass is 16.5. The third kappa shape index (κ3) is 2.78. The zero-order valence-electron chi connectivity index (χ0n) is 10.4. The lowest BCUT2D eigenvalue weighted by Gasteiger charge is -2.11. The Morgan fingerprint density at radius 2 is 2.24 bits per heavy atom. The van der Waals surface area contributed by atoms with Gasteiger partial charge in [0.15, 0.2) is 0 Å². The fraction of sp³-hybridized carbons (Fsp3) is 0.308. The number of aryl methyl sites for hydroxylation is 2. The van der Waals surface area contributed by atoms with E-state index in [1.54, 1.807) is 11.8 Å². The normalized spacial score (nSPS) is 10.3. The third-order valence-electron chi connectivity index (χ3n) is 2.60. The van der Waals surface area contributed by atoms with Gasteiger partial charge in [0.2, 0.25) is 0 Å². The molecule has 0 unspecified atom stereocenters. The van der Waals surface area contributed by atoms with E-state index in [1.807, 2.05) is 31.6 Å². The summed E-state index contributed by atoms with van der Waals surface area (Å²) in [4.78, 5) is 0. The predicted molar refractivity (Wildman–Crippen MR) is 68.3 cm³/mol. The standard InChI is InChI=1S/C13H17N3O/c1-10-4-5-13(17-3)12(6-10)14-7-11-8-15-16(2)9-11/h4-6,8-9,14H,7H2,1-3H3. The van der Waals surface area contributed by atoms with Crippen LogP contribution in [0.2, 0.25) is 0 Å². The van der Waals surface area contributed by atoms with Gasteiger partial charge < -0.3 is 10.1 Å². The van der Waals surface area contributed by atoms with Crippen LogP contribution in [0.1, 0.15) is 11.1 Å². The minimum atomic E-state index is 0.744. The maximum Gasteiger partial charge on any atom is 0.141 e. The van der Waals surface area contributed by atoms with E-state index in [-0.39, 0.29) is 0 Å². The van der Waals surface area contributed by atoms with Crippen LogP contribution in [0.4, 0.5) is 5.69 Å². The molecule has 0 aliphatic heterocycles. The molecule has 1 aromatic heterocycles. The molecule has 0 aliphatic carbocycles. The van der Waals surface area contributed by atoms with Crippen molar-refractivity contribution in [3.63, 3.8) is 0 Å². The first kappa shape index (κ1) is 11.5. The number of nitrogens with zero attached hydrogens (tertiary/aromatic N) is 2. The molecule has 0 saturated heterocycles. The van der Waals surface area contributed by atoms with Crippen LogP contribution in [0.5, 0.6) is 5.75 Å². The second-order valence-corrected chi connectivity index (χ2v) is 4.08. The zero-order chi connectivity index (χ0) is 12.3. The molecule has 0 amide bonds. The molecular formula is C13H17N3O. The lowest BCUT2D eigenvalue weighted by Crippen LogP contribution is -2.01. The van der Waals surface area contributed by atoms with Crippen LogP contribution in [-0.2, 0) is 13.6 Å². The van der Waals surface area contributed by atoms with Crippen molar-refractivity contribution >= 4 is 5.69 Å². The molecule has 0 spiro atoms. The van der Waals surface area contributed by atoms with Crippen LogP contribution in [0, 0.1) is 6.92 Å². The summed E-state index contributed by atoms with van der Waals surface area (Å²) in [6.45, 7) is 2.81. The quantitative estimate of drug-likeness (QED) is 0.878. The van der Waals surface area contributed by atoms with Gasteiger partial charge in [-0.25, -0.2) is 0 Å². The lowest BCUT2D eigenvalue weighted by molar-refractivity contribution is 0.416. The Morgan fingerprint density at radius 3 is 2.88 bits per heavy atom. The number of aromatic nitrogens is 2. The van der Waals surface area contributed by atoms with E-state index in [1.165, 1.54) is 5.56 Å². The Hall–Kier alpha value is -1.97. The molecule has 90 valence electrons. The summed E-state index contributed by atoms with van der Waals surface area (Å²) in [6.07, 6.45) is 3.85. The highest BCUT2D eigenvalue weighted by Crippen LogP contribution is 2.25. The molecule has 0 aliphatic rings. The molecule has 4 nitrogen and oxygen atoms in total. The minimum Gasteiger partial charge on any atom is -0.495 e. The van der Waals surface area contributed by atoms with E-state index < -0.39 is 0 Å². The van der Waals surface area contributed by atoms with E-state index in [0.29, 0.717) is 0 Å². The fourth-order valence-corrected chi connectivity index (χ4v) is 1.72. The number of hydrogen-bond donors (Lipinski definition) is 1. The summed E-state index contributed by atoms with van der Waals surface area (Å²) in [7, 11) is 3.59. The molecule has 4 heteroatoms. The highest BCUT2D eigenvalue weighted by molar-refractivity contribution is 5.58. The molecule has 2 rings (SSSR count). The fourth-order valence-electron chi connectivity index (χ4n) is 1.72. The van der Waals surface area contributed by atoms with Gasteiger partial charge >= 0.3 is 0 Å². The first-order valence-electron chi connectivity index (χ1n) is 5.55. The topological polar surface area (TPSA) is 39.1 Å². The van der Waals surface area contributed by atoms with Crippen LogP contribution >= 0.6 is 0 Å². The molecule has 17 heavy (non-hydrogen) atoms. The summed E-state index contributed by atoms with van der Waals surface area (Å²) >= 11 is 0. The largest absolute Gasteiger partial charge is 0.495 e. The van der Waals surface area contributed by atoms with Crippen LogP contribution < -0.4 is 10.1 Å². The Balaban J connectivity index is 2.10. The van der Waals surface area contributed by atoms with Crippen molar-refractivity contribution in [3.8, 4) is 5.75 Å². The van der Waals surface area contributed by atoms with Crippen molar-refractivity contribution in [2.24, 2.45) is 7.05 Å². The van der Waals surface area contributed by atoms with Gasteiger partial charge in [-0.3, -0.25) is 4.68 Å². The molecule has 1 N–H and O–H groups in total. The number of anilines is 1. The summed E-state index contributed by atoms with van der Waals surface area (Å²) in [6, 6.07) is 6.09. The first-order chi connectivity index (χ1) is 8.19. The van der Waals surface area contributed by atoms with Crippen molar-refractivity contribution < 1.29 is 4.74 Å². The second-order valence-electron chi connectivity index (χ2n) is 4.08. The monoisotopic (exact) mass is 231 g/mol. The van der Waals surface area contributed by atoms with Crippen LogP contribution in [0.15, 0.2) is 30.6 Å². The first-order valence-corrected chi connectivity index (χ1v) is 5.55. The Labute approximate surface area is 101 Å². The van der Waals surface area contributed by atoms with E-state index >= 15 is 0 Å². The molecule has 2 aromatic rings. The van der Waals surface area contributed by atoms with Crippen molar-refractivity contribution in [2.45, 2.75) is 13.5 Å². The molecule has 0 bridgehead atoms. The Bertz CT molecular complexity index is 505. The van der Waals surface area contributed by atoms with Crippen molar-refractivity contribution in [1.29, 1.82) is 0 Å². The van der Waals surface area contributed by atoms with Gasteiger partial charge in [-0.15, -0.1) is 0 Å². The minimum absolute atomic E-state index is 0.744. The predicted octanol–water partition coefficient (Wildman–Crippen LogP) is 2.35. The van der Waals surface area contributed by atoms with Crippen molar-refractivity contribution in [2.75, 3.05) is 12.4 Å². The van der Waals surface area contributed by atoms with Gasteiger partial charge in [0.1, 0.15) is 5.75 Å². The van der Waals surface area contributed by atoms with Gasteiger partial charge in [0.05, 0.1) is 19.0 Å². The van der Waals surface area contributed by atoms with Crippen LogP contribution in [0.25, 0.3) is 0 Å². The van der Waals surface area contributed by atoms with Gasteiger partial charge in [0, 0.05) is 25.4 Å². The Morgan fingerprint density at radius 1 is 1.41 bits per heavy atom.